The smallest absolute Gasteiger partial charge is 0.330 e. The molecular weight excluding hydrogens is 278 g/mol. The quantitative estimate of drug-likeness (QED) is 0.556. The molecule has 0 aromatic heterocycles. The lowest BCUT2D eigenvalue weighted by atomic mass is 9.90. The third-order valence-corrected chi connectivity index (χ3v) is 3.98. The molecule has 0 aromatic carbocycles. The van der Waals surface area contributed by atoms with E-state index in [1.165, 1.54) is 0 Å². The van der Waals surface area contributed by atoms with E-state index in [1.807, 2.05) is 0 Å². The first-order chi connectivity index (χ1) is 9.50. The van der Waals surface area contributed by atoms with Gasteiger partial charge in [-0.2, -0.15) is 8.78 Å². The number of morpholine rings is 1. The van der Waals surface area contributed by atoms with Gasteiger partial charge in [0.15, 0.2) is 0 Å². The van der Waals surface area contributed by atoms with Gasteiger partial charge in [-0.05, 0) is 12.8 Å². The molecule has 1 aliphatic carbocycles. The molecule has 1 saturated carbocycles. The Hall–Kier alpha value is -0.400. The number of rotatable bonds is 6. The number of hydrogen-bond acceptors (Lipinski definition) is 3. The van der Waals surface area contributed by atoms with Gasteiger partial charge in [0.05, 0.1) is 19.3 Å². The maximum atomic E-state index is 12.7. The summed E-state index contributed by atoms with van der Waals surface area (Å²) in [6, 6.07) is 0.316. The van der Waals surface area contributed by atoms with Gasteiger partial charge < -0.3 is 9.47 Å². The summed E-state index contributed by atoms with van der Waals surface area (Å²) in [5.41, 5.74) is 0. The van der Waals surface area contributed by atoms with Crippen molar-refractivity contribution >= 4 is 0 Å². The summed E-state index contributed by atoms with van der Waals surface area (Å²) in [5, 5.41) is 0. The molecule has 1 heterocycles. The highest BCUT2D eigenvalue weighted by Gasteiger charge is 2.41. The molecule has 2 aliphatic rings. The first-order valence-electron chi connectivity index (χ1n) is 7.10. The van der Waals surface area contributed by atoms with Crippen LogP contribution in [0.4, 0.5) is 17.6 Å². The van der Waals surface area contributed by atoms with Crippen LogP contribution >= 0.6 is 0 Å². The molecule has 1 saturated heterocycles. The second-order valence-corrected chi connectivity index (χ2v) is 5.41. The van der Waals surface area contributed by atoms with E-state index in [2.05, 4.69) is 4.90 Å². The lowest BCUT2D eigenvalue weighted by molar-refractivity contribution is -0.168. The zero-order valence-electron chi connectivity index (χ0n) is 11.4. The summed E-state index contributed by atoms with van der Waals surface area (Å²) in [4.78, 5) is 2.17. The summed E-state index contributed by atoms with van der Waals surface area (Å²) < 4.78 is 59.7. The van der Waals surface area contributed by atoms with Crippen LogP contribution in [-0.4, -0.2) is 62.3 Å². The van der Waals surface area contributed by atoms with Gasteiger partial charge in [-0.15, -0.1) is 0 Å². The minimum absolute atomic E-state index is 0.0472. The van der Waals surface area contributed by atoms with E-state index in [-0.39, 0.29) is 12.7 Å². The summed E-state index contributed by atoms with van der Waals surface area (Å²) in [6.07, 6.45) is 0.925. The maximum Gasteiger partial charge on any atom is 0.330 e. The Morgan fingerprint density at radius 2 is 2.00 bits per heavy atom. The highest BCUT2D eigenvalue weighted by atomic mass is 19.3. The zero-order chi connectivity index (χ0) is 14.6. The summed E-state index contributed by atoms with van der Waals surface area (Å²) in [6.45, 7) is 0.697. The predicted octanol–water partition coefficient (Wildman–Crippen LogP) is 2.55. The molecule has 2 atom stereocenters. The van der Waals surface area contributed by atoms with Crippen LogP contribution in [0.3, 0.4) is 0 Å². The van der Waals surface area contributed by atoms with Gasteiger partial charge in [0.2, 0.25) is 0 Å². The van der Waals surface area contributed by atoms with Crippen LogP contribution in [0.15, 0.2) is 0 Å². The minimum Gasteiger partial charge on any atom is -0.375 e. The molecule has 0 bridgehead atoms. The van der Waals surface area contributed by atoms with Crippen LogP contribution in [0.5, 0.6) is 0 Å². The highest BCUT2D eigenvalue weighted by Crippen LogP contribution is 2.28. The maximum absolute atomic E-state index is 12.7. The van der Waals surface area contributed by atoms with Crippen molar-refractivity contribution in [1.82, 2.24) is 4.90 Å². The van der Waals surface area contributed by atoms with Gasteiger partial charge in [-0.25, -0.2) is 8.78 Å². The number of fused-ring (bicyclic) bond motifs is 1. The Morgan fingerprint density at radius 3 is 2.75 bits per heavy atom. The molecule has 2 rings (SSSR count). The largest absolute Gasteiger partial charge is 0.375 e. The molecule has 0 unspecified atom stereocenters. The first-order valence-corrected chi connectivity index (χ1v) is 7.10. The van der Waals surface area contributed by atoms with Crippen molar-refractivity contribution in [2.75, 3.05) is 32.9 Å². The molecule has 1 aliphatic heterocycles. The fourth-order valence-electron chi connectivity index (χ4n) is 2.91. The number of hydrogen-bond donors (Lipinski definition) is 0. The fourth-order valence-corrected chi connectivity index (χ4v) is 2.91. The molecule has 0 amide bonds. The Bertz CT molecular complexity index is 302. The van der Waals surface area contributed by atoms with Crippen molar-refractivity contribution < 1.29 is 27.0 Å². The Morgan fingerprint density at radius 1 is 1.25 bits per heavy atom. The van der Waals surface area contributed by atoms with E-state index in [1.54, 1.807) is 0 Å². The summed E-state index contributed by atoms with van der Waals surface area (Å²) in [5.74, 6) is -4.06. The van der Waals surface area contributed by atoms with Crippen molar-refractivity contribution in [3.8, 4) is 0 Å². The van der Waals surface area contributed by atoms with Gasteiger partial charge in [-0.1, -0.05) is 12.8 Å². The van der Waals surface area contributed by atoms with Gasteiger partial charge >= 0.3 is 12.3 Å². The van der Waals surface area contributed by atoms with Gasteiger partial charge in [0, 0.05) is 19.1 Å². The van der Waals surface area contributed by atoms with E-state index in [0.29, 0.717) is 19.2 Å². The molecule has 0 spiro atoms. The molecule has 20 heavy (non-hydrogen) atoms. The first kappa shape index (κ1) is 16.0. The monoisotopic (exact) mass is 299 g/mol. The van der Waals surface area contributed by atoms with Crippen molar-refractivity contribution in [3.63, 3.8) is 0 Å². The van der Waals surface area contributed by atoms with Gasteiger partial charge in [0.25, 0.3) is 0 Å². The average Bonchev–Trinajstić information content (AvgIpc) is 2.43. The Labute approximate surface area is 116 Å². The number of nitrogens with zero attached hydrogens (tertiary/aromatic N) is 1. The van der Waals surface area contributed by atoms with Crippen molar-refractivity contribution in [2.45, 2.75) is 50.2 Å². The van der Waals surface area contributed by atoms with E-state index in [0.717, 1.165) is 32.2 Å². The van der Waals surface area contributed by atoms with E-state index in [9.17, 15) is 17.6 Å². The Kier molecular flexibility index (Phi) is 5.63. The molecule has 0 radical (unpaired) electrons. The van der Waals surface area contributed by atoms with E-state index < -0.39 is 19.0 Å². The van der Waals surface area contributed by atoms with Gasteiger partial charge in [-0.3, -0.25) is 4.90 Å². The second-order valence-electron chi connectivity index (χ2n) is 5.41. The molecule has 0 N–H and O–H groups in total. The SMILES string of the molecule is FC(F)C(F)(F)COCCN1CCO[C@@H]2CCCC[C@@H]21. The lowest BCUT2D eigenvalue weighted by Crippen LogP contribution is -2.53. The highest BCUT2D eigenvalue weighted by molar-refractivity contribution is 4.87. The van der Waals surface area contributed by atoms with Crippen LogP contribution in [0.25, 0.3) is 0 Å². The fraction of sp³-hybridized carbons (Fsp3) is 1.00. The molecule has 7 heteroatoms. The molecule has 2 fully saturated rings. The minimum atomic E-state index is -4.06. The molecule has 118 valence electrons. The van der Waals surface area contributed by atoms with Crippen molar-refractivity contribution in [2.24, 2.45) is 0 Å². The van der Waals surface area contributed by atoms with Crippen molar-refractivity contribution in [1.29, 1.82) is 0 Å². The zero-order valence-corrected chi connectivity index (χ0v) is 11.4. The molecular formula is C13H21F4NO2. The van der Waals surface area contributed by atoms with Crippen LogP contribution < -0.4 is 0 Å². The predicted molar refractivity (Wildman–Crippen MR) is 65.3 cm³/mol. The van der Waals surface area contributed by atoms with Crippen molar-refractivity contribution in [3.05, 3.63) is 0 Å². The van der Waals surface area contributed by atoms with Crippen LogP contribution in [0.1, 0.15) is 25.7 Å². The number of halogens is 4. The summed E-state index contributed by atoms with van der Waals surface area (Å²) in [7, 11) is 0. The standard InChI is InChI=1S/C13H21F4NO2/c14-12(15)13(16,17)9-19-7-5-18-6-8-20-11-4-2-1-3-10(11)18/h10-12H,1-9H2/t10-,11+/m0/s1. The molecule has 0 aromatic rings. The van der Waals surface area contributed by atoms with Crippen LogP contribution in [0, 0.1) is 0 Å². The van der Waals surface area contributed by atoms with Crippen LogP contribution in [-0.2, 0) is 9.47 Å². The average molecular weight is 299 g/mol. The number of ether oxygens (including phenoxy) is 2. The third-order valence-electron chi connectivity index (χ3n) is 3.98. The lowest BCUT2D eigenvalue weighted by Gasteiger charge is -2.43. The summed E-state index contributed by atoms with van der Waals surface area (Å²) >= 11 is 0. The molecule has 3 nitrogen and oxygen atoms in total. The second kappa shape index (κ2) is 7.04. The Balaban J connectivity index is 1.70. The third kappa shape index (κ3) is 4.05. The topological polar surface area (TPSA) is 21.7 Å². The van der Waals surface area contributed by atoms with Gasteiger partial charge in [0.1, 0.15) is 6.61 Å². The normalized spacial score (nSPS) is 28.6. The van der Waals surface area contributed by atoms with Crippen LogP contribution in [0.2, 0.25) is 0 Å². The number of alkyl halides is 4. The van der Waals surface area contributed by atoms with E-state index in [4.69, 9.17) is 9.47 Å². The van der Waals surface area contributed by atoms with E-state index >= 15 is 0 Å².